The lowest BCUT2D eigenvalue weighted by atomic mass is 10.3. The van der Waals surface area contributed by atoms with Gasteiger partial charge >= 0.3 is 0 Å². The van der Waals surface area contributed by atoms with Gasteiger partial charge in [0.2, 0.25) is 5.95 Å². The van der Waals surface area contributed by atoms with Crippen LogP contribution in [0.15, 0.2) is 28.9 Å². The van der Waals surface area contributed by atoms with Crippen LogP contribution < -0.4 is 10.6 Å². The van der Waals surface area contributed by atoms with Crippen molar-refractivity contribution in [3.05, 3.63) is 41.6 Å². The molecule has 0 aliphatic rings. The van der Waals surface area contributed by atoms with Gasteiger partial charge in [-0.2, -0.15) is 0 Å². The van der Waals surface area contributed by atoms with Crippen LogP contribution in [-0.2, 0) is 11.3 Å². The standard InChI is InChI=1S/C15H20N4O3/c1-11-9-13(14(20)16-6-4-7-21-2)19-15(18-11)17-10-12-5-3-8-22-12/h3,5,8-9H,4,6-7,10H2,1-2H3,(H,16,20)(H,17,18,19). The Balaban J connectivity index is 1.95. The molecular formula is C15H20N4O3. The minimum Gasteiger partial charge on any atom is -0.467 e. The Kier molecular flexibility index (Phi) is 5.91. The molecule has 0 fully saturated rings. The van der Waals surface area contributed by atoms with Crippen LogP contribution in [0.2, 0.25) is 0 Å². The Morgan fingerprint density at radius 2 is 2.27 bits per heavy atom. The summed E-state index contributed by atoms with van der Waals surface area (Å²) in [6.45, 7) is 3.44. The molecular weight excluding hydrogens is 284 g/mol. The summed E-state index contributed by atoms with van der Waals surface area (Å²) in [5.41, 5.74) is 1.06. The number of amides is 1. The van der Waals surface area contributed by atoms with Crippen LogP contribution in [0.5, 0.6) is 0 Å². The molecule has 0 radical (unpaired) electrons. The SMILES string of the molecule is COCCCNC(=O)c1cc(C)nc(NCc2ccco2)n1. The average Bonchev–Trinajstić information content (AvgIpc) is 3.02. The number of nitrogens with one attached hydrogen (secondary N) is 2. The molecule has 0 aromatic carbocycles. The maximum atomic E-state index is 12.1. The highest BCUT2D eigenvalue weighted by Crippen LogP contribution is 2.08. The molecule has 0 bridgehead atoms. The van der Waals surface area contributed by atoms with Gasteiger partial charge in [0.05, 0.1) is 12.8 Å². The van der Waals surface area contributed by atoms with E-state index in [0.717, 1.165) is 17.9 Å². The van der Waals surface area contributed by atoms with Crippen molar-refractivity contribution < 1.29 is 13.9 Å². The lowest BCUT2D eigenvalue weighted by molar-refractivity contribution is 0.0943. The molecule has 2 aromatic heterocycles. The fourth-order valence-electron chi connectivity index (χ4n) is 1.85. The van der Waals surface area contributed by atoms with Crippen LogP contribution in [0, 0.1) is 6.92 Å². The van der Waals surface area contributed by atoms with E-state index in [1.165, 1.54) is 0 Å². The van der Waals surface area contributed by atoms with E-state index in [-0.39, 0.29) is 5.91 Å². The first-order valence-corrected chi connectivity index (χ1v) is 7.08. The van der Waals surface area contributed by atoms with Crippen molar-refractivity contribution >= 4 is 11.9 Å². The summed E-state index contributed by atoms with van der Waals surface area (Å²) in [7, 11) is 1.63. The van der Waals surface area contributed by atoms with E-state index < -0.39 is 0 Å². The average molecular weight is 304 g/mol. The van der Waals surface area contributed by atoms with E-state index in [9.17, 15) is 4.79 Å². The highest BCUT2D eigenvalue weighted by atomic mass is 16.5. The molecule has 1 amide bonds. The molecule has 2 N–H and O–H groups in total. The van der Waals surface area contributed by atoms with Crippen LogP contribution in [0.1, 0.15) is 28.4 Å². The number of anilines is 1. The monoisotopic (exact) mass is 304 g/mol. The summed E-state index contributed by atoms with van der Waals surface area (Å²) >= 11 is 0. The quantitative estimate of drug-likeness (QED) is 0.722. The van der Waals surface area contributed by atoms with Crippen molar-refractivity contribution in [3.8, 4) is 0 Å². The number of aromatic nitrogens is 2. The highest BCUT2D eigenvalue weighted by molar-refractivity contribution is 5.92. The predicted molar refractivity (Wildman–Crippen MR) is 81.6 cm³/mol. The summed E-state index contributed by atoms with van der Waals surface area (Å²) in [5, 5.41) is 5.85. The lowest BCUT2D eigenvalue weighted by Crippen LogP contribution is -2.26. The van der Waals surface area contributed by atoms with Crippen LogP contribution in [-0.4, -0.2) is 36.1 Å². The first kappa shape index (κ1) is 16.0. The Hall–Kier alpha value is -2.41. The third-order valence-electron chi connectivity index (χ3n) is 2.90. The molecule has 0 spiro atoms. The third-order valence-corrected chi connectivity index (χ3v) is 2.90. The number of rotatable bonds is 8. The van der Waals surface area contributed by atoms with Crippen LogP contribution >= 0.6 is 0 Å². The number of methoxy groups -OCH3 is 1. The van der Waals surface area contributed by atoms with Gasteiger partial charge in [-0.15, -0.1) is 0 Å². The van der Waals surface area contributed by atoms with Crippen molar-refractivity contribution in [2.24, 2.45) is 0 Å². The van der Waals surface area contributed by atoms with Gasteiger partial charge in [-0.25, -0.2) is 9.97 Å². The molecule has 0 aliphatic carbocycles. The van der Waals surface area contributed by atoms with Gasteiger partial charge in [0.15, 0.2) is 0 Å². The summed E-state index contributed by atoms with van der Waals surface area (Å²) in [6, 6.07) is 5.32. The Morgan fingerprint density at radius 3 is 3.00 bits per heavy atom. The zero-order valence-corrected chi connectivity index (χ0v) is 12.8. The van der Waals surface area contributed by atoms with E-state index in [2.05, 4.69) is 20.6 Å². The van der Waals surface area contributed by atoms with Gasteiger partial charge in [0.1, 0.15) is 11.5 Å². The third kappa shape index (κ3) is 4.85. The predicted octanol–water partition coefficient (Wildman–Crippen LogP) is 1.76. The number of aryl methyl sites for hydroxylation is 1. The highest BCUT2D eigenvalue weighted by Gasteiger charge is 2.10. The van der Waals surface area contributed by atoms with Gasteiger partial charge in [0, 0.05) is 26.0 Å². The Bertz CT molecular complexity index is 599. The van der Waals surface area contributed by atoms with E-state index >= 15 is 0 Å². The van der Waals surface area contributed by atoms with E-state index in [4.69, 9.17) is 9.15 Å². The van der Waals surface area contributed by atoms with E-state index in [0.29, 0.717) is 31.3 Å². The van der Waals surface area contributed by atoms with Crippen molar-refractivity contribution in [3.63, 3.8) is 0 Å². The first-order chi connectivity index (χ1) is 10.7. The molecule has 0 unspecified atom stereocenters. The minimum atomic E-state index is -0.220. The number of furan rings is 1. The molecule has 2 aromatic rings. The fourth-order valence-corrected chi connectivity index (χ4v) is 1.85. The van der Waals surface area contributed by atoms with E-state index in [1.54, 1.807) is 19.4 Å². The summed E-state index contributed by atoms with van der Waals surface area (Å²) < 4.78 is 10.2. The number of nitrogens with zero attached hydrogens (tertiary/aromatic N) is 2. The van der Waals surface area contributed by atoms with Crippen LogP contribution in [0.4, 0.5) is 5.95 Å². The fraction of sp³-hybridized carbons (Fsp3) is 0.400. The molecule has 22 heavy (non-hydrogen) atoms. The largest absolute Gasteiger partial charge is 0.467 e. The van der Waals surface area contributed by atoms with Crippen molar-refractivity contribution in [1.82, 2.24) is 15.3 Å². The molecule has 7 nitrogen and oxygen atoms in total. The normalized spacial score (nSPS) is 10.5. The first-order valence-electron chi connectivity index (χ1n) is 7.08. The van der Waals surface area contributed by atoms with Crippen molar-refractivity contribution in [1.29, 1.82) is 0 Å². The van der Waals surface area contributed by atoms with Gasteiger partial charge in [-0.1, -0.05) is 0 Å². The summed E-state index contributed by atoms with van der Waals surface area (Å²) in [6.07, 6.45) is 2.36. The molecule has 7 heteroatoms. The van der Waals surface area contributed by atoms with Crippen molar-refractivity contribution in [2.45, 2.75) is 19.9 Å². The second-order valence-electron chi connectivity index (χ2n) is 4.75. The zero-order chi connectivity index (χ0) is 15.8. The molecule has 0 aliphatic heterocycles. The molecule has 118 valence electrons. The van der Waals surface area contributed by atoms with Crippen LogP contribution in [0.3, 0.4) is 0 Å². The summed E-state index contributed by atoms with van der Waals surface area (Å²) in [4.78, 5) is 20.5. The molecule has 2 heterocycles. The maximum absolute atomic E-state index is 12.1. The lowest BCUT2D eigenvalue weighted by Gasteiger charge is -2.08. The number of carbonyl (C=O) groups excluding carboxylic acids is 1. The number of hydrogen-bond donors (Lipinski definition) is 2. The zero-order valence-electron chi connectivity index (χ0n) is 12.8. The smallest absolute Gasteiger partial charge is 0.270 e. The molecule has 0 atom stereocenters. The maximum Gasteiger partial charge on any atom is 0.270 e. The van der Waals surface area contributed by atoms with Gasteiger partial charge in [-0.3, -0.25) is 4.79 Å². The van der Waals surface area contributed by atoms with Gasteiger partial charge in [0.25, 0.3) is 5.91 Å². The molecule has 0 saturated carbocycles. The second-order valence-corrected chi connectivity index (χ2v) is 4.75. The van der Waals surface area contributed by atoms with Gasteiger partial charge in [-0.05, 0) is 31.5 Å². The molecule has 0 saturated heterocycles. The summed E-state index contributed by atoms with van der Waals surface area (Å²) in [5.74, 6) is 0.955. The number of hydrogen-bond acceptors (Lipinski definition) is 6. The van der Waals surface area contributed by atoms with E-state index in [1.807, 2.05) is 19.1 Å². The molecule has 2 rings (SSSR count). The Labute approximate surface area is 129 Å². The minimum absolute atomic E-state index is 0.220. The number of ether oxygens (including phenoxy) is 1. The topological polar surface area (TPSA) is 89.3 Å². The number of carbonyl (C=O) groups is 1. The van der Waals surface area contributed by atoms with Crippen LogP contribution in [0.25, 0.3) is 0 Å². The van der Waals surface area contributed by atoms with Crippen molar-refractivity contribution in [2.75, 3.05) is 25.6 Å². The second kappa shape index (κ2) is 8.14. The Morgan fingerprint density at radius 1 is 1.41 bits per heavy atom. The van der Waals surface area contributed by atoms with Gasteiger partial charge < -0.3 is 19.8 Å².